The zero-order chi connectivity index (χ0) is 32.8. The van der Waals surface area contributed by atoms with Crippen molar-refractivity contribution in [3.63, 3.8) is 0 Å². The molecule has 1 fully saturated rings. The highest BCUT2D eigenvalue weighted by Gasteiger charge is 2.25. The Kier molecular flexibility index (Phi) is 10.1. The molecule has 0 spiro atoms. The van der Waals surface area contributed by atoms with Crippen LogP contribution in [0.1, 0.15) is 71.0 Å². The molecule has 9 heteroatoms. The number of nitrogens with one attached hydrogen (secondary N) is 2. The van der Waals surface area contributed by atoms with Crippen LogP contribution in [0, 0.1) is 0 Å². The predicted molar refractivity (Wildman–Crippen MR) is 190 cm³/mol. The Bertz CT molecular complexity index is 1770. The smallest absolute Gasteiger partial charge is 0.321 e. The Morgan fingerprint density at radius 1 is 0.872 bits per heavy atom. The highest BCUT2D eigenvalue weighted by molar-refractivity contribution is 8.19. The van der Waals surface area contributed by atoms with Crippen LogP contribution in [0.15, 0.2) is 108 Å². The van der Waals surface area contributed by atoms with Crippen LogP contribution in [0.2, 0.25) is 0 Å². The molecule has 6 rings (SSSR count). The first-order valence-electron chi connectivity index (χ1n) is 16.1. The topological polar surface area (TPSA) is 137 Å². The highest BCUT2D eigenvalue weighted by atomic mass is 32.3. The summed E-state index contributed by atoms with van der Waals surface area (Å²) in [6.07, 6.45) is 6.69. The normalized spacial score (nSPS) is 14.9. The molecule has 47 heavy (non-hydrogen) atoms. The minimum Gasteiger partial charge on any atom is -0.456 e. The van der Waals surface area contributed by atoms with Crippen molar-refractivity contribution in [2.75, 3.05) is 17.6 Å². The summed E-state index contributed by atoms with van der Waals surface area (Å²) in [6, 6.07) is 33.2. The molecule has 1 aliphatic rings. The van der Waals surface area contributed by atoms with E-state index in [0.29, 0.717) is 23.6 Å². The molecule has 0 radical (unpaired) electrons. The second-order valence-electron chi connectivity index (χ2n) is 12.3. The minimum atomic E-state index is -3.17. The fourth-order valence-corrected chi connectivity index (χ4v) is 6.71. The molecule has 2 amide bonds. The fourth-order valence-electron chi connectivity index (χ4n) is 6.31. The van der Waals surface area contributed by atoms with Crippen LogP contribution >= 0.6 is 10.9 Å². The van der Waals surface area contributed by atoms with Crippen LogP contribution in [-0.4, -0.2) is 37.8 Å². The van der Waals surface area contributed by atoms with Gasteiger partial charge in [0, 0.05) is 28.7 Å². The molecule has 1 atom stereocenters. The summed E-state index contributed by atoms with van der Waals surface area (Å²) in [5.74, 6) is 0.322. The van der Waals surface area contributed by atoms with E-state index >= 15 is 0 Å². The molecule has 5 aromatic rings. The van der Waals surface area contributed by atoms with E-state index in [2.05, 4.69) is 34.9 Å². The van der Waals surface area contributed by atoms with Gasteiger partial charge in [0.25, 0.3) is 5.91 Å². The van der Waals surface area contributed by atoms with Gasteiger partial charge in [-0.1, -0.05) is 73.9 Å². The van der Waals surface area contributed by atoms with Crippen molar-refractivity contribution in [3.8, 4) is 11.3 Å². The highest BCUT2D eigenvalue weighted by Crippen LogP contribution is 2.34. The Morgan fingerprint density at radius 3 is 2.26 bits per heavy atom. The predicted octanol–water partition coefficient (Wildman–Crippen LogP) is 7.40. The molecule has 244 valence electrons. The lowest BCUT2D eigenvalue weighted by atomic mass is 9.83. The molecular weight excluding hydrogens is 612 g/mol. The number of carbonyl (C=O) groups excluding carboxylic acids is 2. The molecule has 0 saturated heterocycles. The number of carbonyl (C=O) groups is 2. The Balaban J connectivity index is 1.18. The van der Waals surface area contributed by atoms with Gasteiger partial charge in [-0.25, -0.2) is 4.55 Å². The molecule has 1 aromatic heterocycles. The second-order valence-corrected chi connectivity index (χ2v) is 14.1. The zero-order valence-corrected chi connectivity index (χ0v) is 27.0. The van der Waals surface area contributed by atoms with Crippen molar-refractivity contribution < 1.29 is 27.7 Å². The largest absolute Gasteiger partial charge is 0.456 e. The van der Waals surface area contributed by atoms with E-state index < -0.39 is 16.8 Å². The van der Waals surface area contributed by atoms with E-state index in [4.69, 9.17) is 13.5 Å². The molecule has 1 saturated carbocycles. The van der Waals surface area contributed by atoms with E-state index in [0.717, 1.165) is 33.4 Å². The summed E-state index contributed by atoms with van der Waals surface area (Å²) >= 11 is 0. The summed E-state index contributed by atoms with van der Waals surface area (Å²) in [7, 11) is -3.17. The maximum Gasteiger partial charge on any atom is 0.321 e. The van der Waals surface area contributed by atoms with E-state index in [1.807, 2.05) is 66.7 Å². The standard InChI is InChI=1S/C38H40N2O6S/c41-37(39-22-23-47(43,44)45)31-12-10-26(11-13-31)24-34(29-16-14-28(15-17-29)27-6-2-1-3-7-27)38(42)40-33-20-18-30(19-21-33)36-25-32-8-4-5-9-35(32)46-36/h4-5,8-21,25,27,34,43-45H,1-3,6-7,22-24H2,(H,39,41)(H,40,42)/p+2. The van der Waals surface area contributed by atoms with Crippen molar-refractivity contribution in [3.05, 3.63) is 125 Å². The van der Waals surface area contributed by atoms with Crippen LogP contribution in [0.3, 0.4) is 0 Å². The van der Waals surface area contributed by atoms with Gasteiger partial charge in [0.1, 0.15) is 11.3 Å². The van der Waals surface area contributed by atoms with Gasteiger partial charge in [-0.3, -0.25) is 9.59 Å². The van der Waals surface area contributed by atoms with Crippen molar-refractivity contribution in [1.29, 1.82) is 0 Å². The second kappa shape index (κ2) is 14.6. The van der Waals surface area contributed by atoms with Crippen molar-refractivity contribution in [1.82, 2.24) is 5.32 Å². The SMILES string of the molecule is O=C(NCCS(O)([OH2+])[OH2+])c1ccc(CC(C(=O)Nc2ccc(-c3cc4ccccc4o3)cc2)c2ccc(C3CCCCC3)cc2)cc1. The van der Waals surface area contributed by atoms with E-state index in [1.165, 1.54) is 37.7 Å². The number of para-hydroxylation sites is 1. The van der Waals surface area contributed by atoms with E-state index in [1.54, 1.807) is 12.1 Å². The number of hydrogen-bond acceptors (Lipinski definition) is 4. The van der Waals surface area contributed by atoms with Gasteiger partial charge in [-0.15, -0.1) is 0 Å². The summed E-state index contributed by atoms with van der Waals surface area (Å²) in [6.45, 7) is 0.0533. The maximum atomic E-state index is 13.9. The first-order chi connectivity index (χ1) is 22.7. The average Bonchev–Trinajstić information content (AvgIpc) is 3.52. The van der Waals surface area contributed by atoms with Gasteiger partial charge in [0.15, 0.2) is 5.75 Å². The molecule has 7 N–H and O–H groups in total. The van der Waals surface area contributed by atoms with Crippen molar-refractivity contribution in [2.24, 2.45) is 0 Å². The number of benzene rings is 4. The van der Waals surface area contributed by atoms with Crippen LogP contribution in [0.25, 0.3) is 22.3 Å². The quantitative estimate of drug-likeness (QED) is 0.128. The maximum absolute atomic E-state index is 13.9. The number of hydrogen-bond donors (Lipinski definition) is 3. The molecule has 8 nitrogen and oxygen atoms in total. The Morgan fingerprint density at radius 2 is 1.57 bits per heavy atom. The molecule has 1 heterocycles. The van der Waals surface area contributed by atoms with Gasteiger partial charge in [-0.05, 0) is 90.4 Å². The van der Waals surface area contributed by atoms with E-state index in [-0.39, 0.29) is 24.1 Å². The lowest BCUT2D eigenvalue weighted by Gasteiger charge is -2.23. The Hall–Kier alpha value is -4.41. The molecular formula is C38H42N2O6S+2. The zero-order valence-electron chi connectivity index (χ0n) is 26.2. The first-order valence-corrected chi connectivity index (χ1v) is 17.9. The summed E-state index contributed by atoms with van der Waals surface area (Å²) < 4.78 is 30.0. The van der Waals surface area contributed by atoms with Gasteiger partial charge in [0.05, 0.1) is 5.92 Å². The number of rotatable bonds is 11. The average molecular weight is 655 g/mol. The monoisotopic (exact) mass is 654 g/mol. The summed E-state index contributed by atoms with van der Waals surface area (Å²) in [5.41, 5.74) is 6.06. The van der Waals surface area contributed by atoms with Crippen LogP contribution in [0.4, 0.5) is 5.69 Å². The third-order valence-corrected chi connectivity index (χ3v) is 9.73. The minimum absolute atomic E-state index is 0.0533. The summed E-state index contributed by atoms with van der Waals surface area (Å²) in [4.78, 5) is 26.5. The van der Waals surface area contributed by atoms with E-state index in [9.17, 15) is 14.1 Å². The number of furan rings is 1. The third-order valence-electron chi connectivity index (χ3n) is 8.93. The molecule has 4 aromatic carbocycles. The van der Waals surface area contributed by atoms with Gasteiger partial charge in [0.2, 0.25) is 5.91 Å². The lowest BCUT2D eigenvalue weighted by molar-refractivity contribution is -0.117. The molecule has 1 aliphatic carbocycles. The van der Waals surface area contributed by atoms with Crippen molar-refractivity contribution >= 4 is 39.3 Å². The van der Waals surface area contributed by atoms with Crippen LogP contribution in [-0.2, 0) is 11.2 Å². The number of amides is 2. The fraction of sp³-hybridized carbons (Fsp3) is 0.263. The third kappa shape index (κ3) is 8.50. The first kappa shape index (κ1) is 32.5. The molecule has 0 bridgehead atoms. The van der Waals surface area contributed by atoms with Gasteiger partial charge >= 0.3 is 10.9 Å². The van der Waals surface area contributed by atoms with Gasteiger partial charge < -0.3 is 24.2 Å². The van der Waals surface area contributed by atoms with Crippen molar-refractivity contribution in [2.45, 2.75) is 50.4 Å². The summed E-state index contributed by atoms with van der Waals surface area (Å²) in [5, 5.41) is 6.82. The van der Waals surface area contributed by atoms with Crippen LogP contribution < -0.4 is 10.6 Å². The number of fused-ring (bicyclic) bond motifs is 1. The lowest BCUT2D eigenvalue weighted by Crippen LogP contribution is -2.28. The Labute approximate surface area is 276 Å². The molecule has 0 aliphatic heterocycles. The molecule has 1 unspecified atom stereocenters. The number of anilines is 1. The van der Waals surface area contributed by atoms with Crippen LogP contribution in [0.5, 0.6) is 0 Å². The van der Waals surface area contributed by atoms with Gasteiger partial charge in [-0.2, -0.15) is 0 Å².